The Bertz CT molecular complexity index is 384. The summed E-state index contributed by atoms with van der Waals surface area (Å²) in [5.41, 5.74) is 7.32. The molecule has 0 atom stereocenters. The largest absolute Gasteiger partial charge is 0.324 e. The van der Waals surface area contributed by atoms with Crippen molar-refractivity contribution in [2.75, 3.05) is 5.32 Å². The maximum Gasteiger partial charge on any atom is 0.244 e. The van der Waals surface area contributed by atoms with E-state index in [1.54, 1.807) is 0 Å². The zero-order chi connectivity index (χ0) is 12.9. The monoisotopic (exact) mass is 234 g/mol. The molecule has 0 bridgehead atoms. The van der Waals surface area contributed by atoms with E-state index in [1.165, 1.54) is 5.56 Å². The zero-order valence-electron chi connectivity index (χ0n) is 10.9. The predicted molar refractivity (Wildman–Crippen MR) is 72.0 cm³/mol. The van der Waals surface area contributed by atoms with Gasteiger partial charge < -0.3 is 11.1 Å². The Morgan fingerprint density at radius 3 is 2.47 bits per heavy atom. The Balaban J connectivity index is 2.80. The summed E-state index contributed by atoms with van der Waals surface area (Å²) in [5.74, 6) is -0.101. The van der Waals surface area contributed by atoms with Crippen LogP contribution < -0.4 is 11.1 Å². The average molecular weight is 234 g/mol. The average Bonchev–Trinajstić information content (AvgIpc) is 2.37. The van der Waals surface area contributed by atoms with Gasteiger partial charge in [-0.1, -0.05) is 32.9 Å². The lowest BCUT2D eigenvalue weighted by Gasteiger charge is -2.25. The number of anilines is 1. The van der Waals surface area contributed by atoms with E-state index in [9.17, 15) is 4.79 Å². The summed E-state index contributed by atoms with van der Waals surface area (Å²) in [7, 11) is 0. The van der Waals surface area contributed by atoms with Gasteiger partial charge in [0.15, 0.2) is 0 Å². The number of hydrogen-bond acceptors (Lipinski definition) is 2. The molecular formula is C14H22N2O. The van der Waals surface area contributed by atoms with Crippen molar-refractivity contribution in [2.24, 2.45) is 5.73 Å². The van der Waals surface area contributed by atoms with Crippen molar-refractivity contribution >= 4 is 11.6 Å². The van der Waals surface area contributed by atoms with E-state index in [0.717, 1.165) is 12.1 Å². The van der Waals surface area contributed by atoms with E-state index in [0.29, 0.717) is 12.8 Å². The van der Waals surface area contributed by atoms with Crippen molar-refractivity contribution in [1.29, 1.82) is 0 Å². The maximum absolute atomic E-state index is 12.1. The van der Waals surface area contributed by atoms with Gasteiger partial charge in [0.2, 0.25) is 5.91 Å². The van der Waals surface area contributed by atoms with Crippen molar-refractivity contribution in [1.82, 2.24) is 0 Å². The van der Waals surface area contributed by atoms with E-state index in [1.807, 2.05) is 38.1 Å². The SMILES string of the molecule is CCc1cccc(NC(=O)C(N)(CC)CC)c1. The molecule has 0 unspecified atom stereocenters. The van der Waals surface area contributed by atoms with E-state index in [2.05, 4.69) is 12.2 Å². The second-order valence-electron chi connectivity index (χ2n) is 4.37. The third-order valence-corrected chi connectivity index (χ3v) is 3.31. The Kier molecular flexibility index (Phi) is 4.70. The first-order valence-electron chi connectivity index (χ1n) is 6.25. The van der Waals surface area contributed by atoms with E-state index in [4.69, 9.17) is 5.73 Å². The number of hydrogen-bond donors (Lipinski definition) is 2. The molecule has 0 saturated carbocycles. The van der Waals surface area contributed by atoms with Crippen LogP contribution in [0.15, 0.2) is 24.3 Å². The Labute approximate surface area is 103 Å². The van der Waals surface area contributed by atoms with Crippen LogP contribution in [0.5, 0.6) is 0 Å². The van der Waals surface area contributed by atoms with Gasteiger partial charge in [0, 0.05) is 5.69 Å². The molecule has 1 aromatic rings. The van der Waals surface area contributed by atoms with Crippen LogP contribution in [0.2, 0.25) is 0 Å². The first-order chi connectivity index (χ1) is 8.05. The predicted octanol–water partition coefficient (Wildman–Crippen LogP) is 2.71. The summed E-state index contributed by atoms with van der Waals surface area (Å²) in [6, 6.07) is 7.88. The number of carbonyl (C=O) groups excluding carboxylic acids is 1. The lowest BCUT2D eigenvalue weighted by atomic mass is 9.93. The Morgan fingerprint density at radius 1 is 1.29 bits per heavy atom. The zero-order valence-corrected chi connectivity index (χ0v) is 10.9. The minimum atomic E-state index is -0.762. The van der Waals surface area contributed by atoms with Crippen LogP contribution in [-0.2, 0) is 11.2 Å². The van der Waals surface area contributed by atoms with Gasteiger partial charge in [-0.2, -0.15) is 0 Å². The minimum absolute atomic E-state index is 0.101. The van der Waals surface area contributed by atoms with Crippen molar-refractivity contribution in [2.45, 2.75) is 45.6 Å². The summed E-state index contributed by atoms with van der Waals surface area (Å²) in [6.45, 7) is 5.96. The quantitative estimate of drug-likeness (QED) is 0.823. The molecule has 3 N–H and O–H groups in total. The maximum atomic E-state index is 12.1. The fraction of sp³-hybridized carbons (Fsp3) is 0.500. The standard InChI is InChI=1S/C14H22N2O/c1-4-11-8-7-9-12(10-11)16-13(17)14(15,5-2)6-3/h7-10H,4-6,15H2,1-3H3,(H,16,17). The number of nitrogens with one attached hydrogen (secondary N) is 1. The first kappa shape index (κ1) is 13.7. The van der Waals surface area contributed by atoms with Gasteiger partial charge in [0.25, 0.3) is 0 Å². The normalized spacial score (nSPS) is 11.3. The molecule has 0 aromatic heterocycles. The molecule has 0 radical (unpaired) electrons. The molecular weight excluding hydrogens is 212 g/mol. The van der Waals surface area contributed by atoms with Crippen molar-refractivity contribution in [3.63, 3.8) is 0 Å². The third-order valence-electron chi connectivity index (χ3n) is 3.31. The van der Waals surface area contributed by atoms with E-state index < -0.39 is 5.54 Å². The van der Waals surface area contributed by atoms with Crippen molar-refractivity contribution in [3.8, 4) is 0 Å². The summed E-state index contributed by atoms with van der Waals surface area (Å²) in [4.78, 5) is 12.1. The third kappa shape index (κ3) is 3.30. The number of benzene rings is 1. The van der Waals surface area contributed by atoms with Gasteiger partial charge in [0.05, 0.1) is 5.54 Å². The first-order valence-corrected chi connectivity index (χ1v) is 6.25. The van der Waals surface area contributed by atoms with Gasteiger partial charge >= 0.3 is 0 Å². The highest BCUT2D eigenvalue weighted by atomic mass is 16.2. The molecule has 3 heteroatoms. The number of nitrogens with two attached hydrogens (primary N) is 1. The van der Waals surface area contributed by atoms with Crippen LogP contribution in [-0.4, -0.2) is 11.4 Å². The van der Waals surface area contributed by atoms with Gasteiger partial charge in [-0.25, -0.2) is 0 Å². The molecule has 0 saturated heterocycles. The molecule has 0 fully saturated rings. The molecule has 0 aliphatic heterocycles. The summed E-state index contributed by atoms with van der Waals surface area (Å²) < 4.78 is 0. The fourth-order valence-electron chi connectivity index (χ4n) is 1.70. The highest BCUT2D eigenvalue weighted by Gasteiger charge is 2.29. The van der Waals surface area contributed by atoms with Crippen LogP contribution in [0.1, 0.15) is 39.2 Å². The highest BCUT2D eigenvalue weighted by molar-refractivity contribution is 5.97. The van der Waals surface area contributed by atoms with Gasteiger partial charge in [0.1, 0.15) is 0 Å². The molecule has 1 aromatic carbocycles. The molecule has 1 rings (SSSR count). The fourth-order valence-corrected chi connectivity index (χ4v) is 1.70. The van der Waals surface area contributed by atoms with Crippen LogP contribution >= 0.6 is 0 Å². The van der Waals surface area contributed by atoms with E-state index >= 15 is 0 Å². The highest BCUT2D eigenvalue weighted by Crippen LogP contribution is 2.16. The van der Waals surface area contributed by atoms with Crippen LogP contribution in [0, 0.1) is 0 Å². The number of carbonyl (C=O) groups is 1. The molecule has 0 aliphatic rings. The molecule has 94 valence electrons. The number of rotatable bonds is 5. The van der Waals surface area contributed by atoms with Crippen LogP contribution in [0.25, 0.3) is 0 Å². The smallest absolute Gasteiger partial charge is 0.244 e. The number of aryl methyl sites for hydroxylation is 1. The molecule has 0 heterocycles. The molecule has 1 amide bonds. The van der Waals surface area contributed by atoms with Gasteiger partial charge in [-0.05, 0) is 37.0 Å². The van der Waals surface area contributed by atoms with Crippen molar-refractivity contribution in [3.05, 3.63) is 29.8 Å². The molecule has 0 aliphatic carbocycles. The topological polar surface area (TPSA) is 55.1 Å². The Hall–Kier alpha value is -1.35. The summed E-state index contributed by atoms with van der Waals surface area (Å²) >= 11 is 0. The van der Waals surface area contributed by atoms with Crippen LogP contribution in [0.3, 0.4) is 0 Å². The summed E-state index contributed by atoms with van der Waals surface area (Å²) in [5, 5.41) is 2.90. The van der Waals surface area contributed by atoms with Crippen molar-refractivity contribution < 1.29 is 4.79 Å². The van der Waals surface area contributed by atoms with Crippen LogP contribution in [0.4, 0.5) is 5.69 Å². The number of amides is 1. The van der Waals surface area contributed by atoms with Gasteiger partial charge in [-0.15, -0.1) is 0 Å². The minimum Gasteiger partial charge on any atom is -0.324 e. The second-order valence-corrected chi connectivity index (χ2v) is 4.37. The summed E-state index contributed by atoms with van der Waals surface area (Å²) in [6.07, 6.45) is 2.24. The molecule has 0 spiro atoms. The Morgan fingerprint density at radius 2 is 1.94 bits per heavy atom. The lowest BCUT2D eigenvalue weighted by molar-refractivity contribution is -0.121. The lowest BCUT2D eigenvalue weighted by Crippen LogP contribution is -2.50. The molecule has 3 nitrogen and oxygen atoms in total. The van der Waals surface area contributed by atoms with E-state index in [-0.39, 0.29) is 5.91 Å². The van der Waals surface area contributed by atoms with Gasteiger partial charge in [-0.3, -0.25) is 4.79 Å². The second kappa shape index (κ2) is 5.82. The molecule has 17 heavy (non-hydrogen) atoms.